The molecule has 1 fully saturated rings. The molecule has 6 heavy (non-hydrogen) atoms. The number of hydrazone groups is 1. The van der Waals surface area contributed by atoms with E-state index in [0.717, 1.165) is 17.2 Å². The molecule has 0 atom stereocenters. The highest BCUT2D eigenvalue weighted by Gasteiger charge is 2.08. The van der Waals surface area contributed by atoms with Crippen molar-refractivity contribution in [3.05, 3.63) is 0 Å². The summed E-state index contributed by atoms with van der Waals surface area (Å²) < 4.78 is 0. The Balaban J connectivity index is 2.34. The van der Waals surface area contributed by atoms with E-state index in [2.05, 4.69) is 5.10 Å². The minimum Gasteiger partial charge on any atom is -0.323 e. The summed E-state index contributed by atoms with van der Waals surface area (Å²) in [5, 5.41) is 3.49. The van der Waals surface area contributed by atoms with Crippen molar-refractivity contribution in [3.8, 4) is 0 Å². The Morgan fingerprint density at radius 2 is 2.33 bits per heavy atom. The van der Waals surface area contributed by atoms with E-state index in [1.807, 2.05) is 11.8 Å². The summed E-state index contributed by atoms with van der Waals surface area (Å²) >= 11 is 1.86. The van der Waals surface area contributed by atoms with Gasteiger partial charge >= 0.3 is 0 Å². The van der Waals surface area contributed by atoms with Gasteiger partial charge in [0.25, 0.3) is 0 Å². The van der Waals surface area contributed by atoms with Crippen molar-refractivity contribution in [1.82, 2.24) is 0 Å². The summed E-state index contributed by atoms with van der Waals surface area (Å²) in [6.45, 7) is 0. The predicted octanol–water partition coefficient (Wildman–Crippen LogP) is 0.0479. The summed E-state index contributed by atoms with van der Waals surface area (Å²) in [6, 6.07) is 0. The van der Waals surface area contributed by atoms with Gasteiger partial charge in [0.2, 0.25) is 0 Å². The molecule has 0 spiro atoms. The second-order valence-corrected chi connectivity index (χ2v) is 2.17. The van der Waals surface area contributed by atoms with E-state index in [9.17, 15) is 0 Å². The van der Waals surface area contributed by atoms with Crippen molar-refractivity contribution in [1.29, 1.82) is 0 Å². The van der Waals surface area contributed by atoms with Crippen LogP contribution >= 0.6 is 11.8 Å². The monoisotopic (exact) mass is 102 g/mol. The molecule has 2 nitrogen and oxygen atoms in total. The quantitative estimate of drug-likeness (QED) is 0.346. The molecule has 0 saturated carbocycles. The summed E-state index contributed by atoms with van der Waals surface area (Å²) in [4.78, 5) is 0. The largest absolute Gasteiger partial charge is 0.323 e. The zero-order chi connectivity index (χ0) is 4.41. The van der Waals surface area contributed by atoms with Crippen molar-refractivity contribution in [2.45, 2.75) is 0 Å². The van der Waals surface area contributed by atoms with Crippen LogP contribution in [0, 0.1) is 0 Å². The van der Waals surface area contributed by atoms with Gasteiger partial charge in [-0.25, -0.2) is 0 Å². The first-order valence-electron chi connectivity index (χ1n) is 1.77. The lowest BCUT2D eigenvalue weighted by atomic mass is 10.5. The normalized spacial score (nSPS) is 19.7. The van der Waals surface area contributed by atoms with E-state index in [1.165, 1.54) is 0 Å². The van der Waals surface area contributed by atoms with Crippen LogP contribution in [0.15, 0.2) is 5.10 Å². The van der Waals surface area contributed by atoms with Crippen molar-refractivity contribution in [3.63, 3.8) is 0 Å². The van der Waals surface area contributed by atoms with Gasteiger partial charge in [-0.15, -0.1) is 11.8 Å². The standard InChI is InChI=1S/C3H6N2S/c4-5-3-1-6-2-3/h1-2,4H2. The van der Waals surface area contributed by atoms with E-state index in [4.69, 9.17) is 5.84 Å². The molecule has 0 aromatic rings. The molecule has 0 aromatic carbocycles. The molecule has 3 heteroatoms. The molecule has 1 saturated heterocycles. The minimum absolute atomic E-state index is 1.05. The van der Waals surface area contributed by atoms with Crippen LogP contribution < -0.4 is 5.84 Å². The van der Waals surface area contributed by atoms with Crippen LogP contribution in [0.2, 0.25) is 0 Å². The van der Waals surface area contributed by atoms with Gasteiger partial charge in [-0.3, -0.25) is 0 Å². The van der Waals surface area contributed by atoms with Gasteiger partial charge < -0.3 is 5.84 Å². The average Bonchev–Trinajstić information content (AvgIpc) is 1.31. The summed E-state index contributed by atoms with van der Waals surface area (Å²) in [6.07, 6.45) is 0. The van der Waals surface area contributed by atoms with Crippen LogP contribution in [-0.4, -0.2) is 17.2 Å². The molecule has 34 valence electrons. The molecule has 0 amide bonds. The zero-order valence-corrected chi connectivity index (χ0v) is 4.16. The maximum absolute atomic E-state index is 4.91. The van der Waals surface area contributed by atoms with Gasteiger partial charge in [-0.05, 0) is 0 Å². The number of thioether (sulfide) groups is 1. The molecule has 0 aliphatic carbocycles. The Hall–Kier alpha value is -0.180. The summed E-state index contributed by atoms with van der Waals surface area (Å²) in [7, 11) is 0. The van der Waals surface area contributed by atoms with Crippen LogP contribution in [0.1, 0.15) is 0 Å². The van der Waals surface area contributed by atoms with E-state index in [0.29, 0.717) is 0 Å². The Kier molecular flexibility index (Phi) is 1.01. The minimum atomic E-state index is 1.05. The van der Waals surface area contributed by atoms with Gasteiger partial charge in [0.1, 0.15) is 0 Å². The van der Waals surface area contributed by atoms with Crippen LogP contribution in [0.3, 0.4) is 0 Å². The lowest BCUT2D eigenvalue weighted by Gasteiger charge is -2.10. The first-order chi connectivity index (χ1) is 2.93. The lowest BCUT2D eigenvalue weighted by molar-refractivity contribution is 1.23. The third-order valence-corrected chi connectivity index (χ3v) is 1.79. The fraction of sp³-hybridized carbons (Fsp3) is 0.667. The first kappa shape index (κ1) is 3.99. The van der Waals surface area contributed by atoms with Crippen LogP contribution in [-0.2, 0) is 0 Å². The first-order valence-corrected chi connectivity index (χ1v) is 2.92. The van der Waals surface area contributed by atoms with Crippen molar-refractivity contribution < 1.29 is 0 Å². The van der Waals surface area contributed by atoms with Gasteiger partial charge in [-0.2, -0.15) is 5.10 Å². The molecule has 1 heterocycles. The Morgan fingerprint density at radius 3 is 2.33 bits per heavy atom. The molecule has 1 aliphatic heterocycles. The average molecular weight is 102 g/mol. The highest BCUT2D eigenvalue weighted by Crippen LogP contribution is 2.12. The topological polar surface area (TPSA) is 38.4 Å². The van der Waals surface area contributed by atoms with Crippen LogP contribution in [0.25, 0.3) is 0 Å². The van der Waals surface area contributed by atoms with E-state index >= 15 is 0 Å². The van der Waals surface area contributed by atoms with Crippen LogP contribution in [0.4, 0.5) is 0 Å². The fourth-order valence-corrected chi connectivity index (χ4v) is 0.804. The van der Waals surface area contributed by atoms with Gasteiger partial charge in [0, 0.05) is 11.5 Å². The number of nitrogens with two attached hydrogens (primary N) is 1. The maximum Gasteiger partial charge on any atom is 0.0573 e. The van der Waals surface area contributed by atoms with Gasteiger partial charge in [0.05, 0.1) is 5.71 Å². The summed E-state index contributed by atoms with van der Waals surface area (Å²) in [5.74, 6) is 7.01. The molecule has 0 aromatic heterocycles. The third-order valence-electron chi connectivity index (χ3n) is 0.720. The second-order valence-electron chi connectivity index (χ2n) is 1.19. The third kappa shape index (κ3) is 0.497. The van der Waals surface area contributed by atoms with Crippen molar-refractivity contribution >= 4 is 17.5 Å². The number of hydrogen-bond acceptors (Lipinski definition) is 3. The highest BCUT2D eigenvalue weighted by atomic mass is 32.2. The van der Waals surface area contributed by atoms with Gasteiger partial charge in [-0.1, -0.05) is 0 Å². The molecule has 0 radical (unpaired) electrons. The number of hydrogen-bond donors (Lipinski definition) is 1. The molecular formula is C3H6N2S. The van der Waals surface area contributed by atoms with E-state index < -0.39 is 0 Å². The van der Waals surface area contributed by atoms with E-state index in [1.54, 1.807) is 0 Å². The lowest BCUT2D eigenvalue weighted by Crippen LogP contribution is -2.18. The molecule has 0 unspecified atom stereocenters. The predicted molar refractivity (Wildman–Crippen MR) is 28.9 cm³/mol. The highest BCUT2D eigenvalue weighted by molar-refractivity contribution is 8.03. The smallest absolute Gasteiger partial charge is 0.0573 e. The molecular weight excluding hydrogens is 96.1 g/mol. The molecule has 1 aliphatic rings. The molecule has 0 bridgehead atoms. The summed E-state index contributed by atoms with van der Waals surface area (Å²) in [5.41, 5.74) is 1.14. The Labute approximate surface area is 40.8 Å². The second kappa shape index (κ2) is 1.51. The Morgan fingerprint density at radius 1 is 1.67 bits per heavy atom. The van der Waals surface area contributed by atoms with Crippen molar-refractivity contribution in [2.75, 3.05) is 11.5 Å². The maximum atomic E-state index is 4.91. The number of nitrogens with zero attached hydrogens (tertiary/aromatic N) is 1. The van der Waals surface area contributed by atoms with Gasteiger partial charge in [0.15, 0.2) is 0 Å². The van der Waals surface area contributed by atoms with Crippen molar-refractivity contribution in [2.24, 2.45) is 10.9 Å². The zero-order valence-electron chi connectivity index (χ0n) is 3.35. The number of rotatable bonds is 0. The molecule has 2 N–H and O–H groups in total. The Bertz CT molecular complexity index is 72.9. The van der Waals surface area contributed by atoms with Crippen LogP contribution in [0.5, 0.6) is 0 Å². The molecule has 1 rings (SSSR count). The van der Waals surface area contributed by atoms with E-state index in [-0.39, 0.29) is 0 Å². The SMILES string of the molecule is NN=C1CSC1. The fourth-order valence-electron chi connectivity index (χ4n) is 0.268.